The van der Waals surface area contributed by atoms with Gasteiger partial charge in [0.05, 0.1) is 0 Å². The van der Waals surface area contributed by atoms with Crippen LogP contribution in [-0.2, 0) is 28.6 Å². The second-order valence-corrected chi connectivity index (χ2v) is 21.3. The van der Waals surface area contributed by atoms with Crippen molar-refractivity contribution in [3.63, 3.8) is 0 Å². The van der Waals surface area contributed by atoms with Gasteiger partial charge in [0.15, 0.2) is 6.10 Å². The van der Waals surface area contributed by atoms with E-state index in [9.17, 15) is 14.4 Å². The Hall–Kier alpha value is -2.11. The summed E-state index contributed by atoms with van der Waals surface area (Å²) in [5, 5.41) is 0. The van der Waals surface area contributed by atoms with E-state index in [-0.39, 0.29) is 31.1 Å². The molecule has 6 heteroatoms. The highest BCUT2D eigenvalue weighted by Gasteiger charge is 2.19. The van der Waals surface area contributed by atoms with Crippen LogP contribution < -0.4 is 0 Å². The number of esters is 3. The maximum atomic E-state index is 12.9. The Morgan fingerprint density at radius 3 is 0.714 bits per heavy atom. The lowest BCUT2D eigenvalue weighted by atomic mass is 10.0. The van der Waals surface area contributed by atoms with Crippen molar-refractivity contribution in [1.82, 2.24) is 0 Å². The molecular weight excluding hydrogens is 865 g/mol. The molecule has 0 saturated carbocycles. The van der Waals surface area contributed by atoms with Crippen LogP contribution in [0.1, 0.15) is 348 Å². The second-order valence-electron chi connectivity index (χ2n) is 21.3. The van der Waals surface area contributed by atoms with Gasteiger partial charge in [0, 0.05) is 19.3 Å². The van der Waals surface area contributed by atoms with Gasteiger partial charge in [0.1, 0.15) is 13.2 Å². The predicted molar refractivity (Wildman–Crippen MR) is 303 cm³/mol. The first-order valence-electron chi connectivity index (χ1n) is 31.3. The molecule has 0 aliphatic heterocycles. The van der Waals surface area contributed by atoms with Crippen LogP contribution in [0.2, 0.25) is 0 Å². The second kappa shape index (κ2) is 59.5. The fraction of sp³-hybridized carbons (Fsp3) is 0.891. The van der Waals surface area contributed by atoms with Crippen molar-refractivity contribution in [3.05, 3.63) is 24.3 Å². The van der Waals surface area contributed by atoms with Crippen LogP contribution in [0.5, 0.6) is 0 Å². The topological polar surface area (TPSA) is 78.9 Å². The van der Waals surface area contributed by atoms with E-state index in [1.54, 1.807) is 0 Å². The van der Waals surface area contributed by atoms with E-state index in [4.69, 9.17) is 14.2 Å². The lowest BCUT2D eigenvalue weighted by molar-refractivity contribution is -0.167. The van der Waals surface area contributed by atoms with E-state index < -0.39 is 6.10 Å². The first-order valence-corrected chi connectivity index (χ1v) is 31.3. The van der Waals surface area contributed by atoms with Gasteiger partial charge in [0.2, 0.25) is 0 Å². The molecule has 0 spiro atoms. The monoisotopic (exact) mass is 985 g/mol. The first kappa shape index (κ1) is 67.9. The molecule has 0 aliphatic carbocycles. The largest absolute Gasteiger partial charge is 0.462 e. The van der Waals surface area contributed by atoms with Crippen LogP contribution >= 0.6 is 0 Å². The predicted octanol–water partition coefficient (Wildman–Crippen LogP) is 21.1. The maximum absolute atomic E-state index is 12.9. The minimum atomic E-state index is -0.772. The number of unbranched alkanes of at least 4 members (excludes halogenated alkanes) is 43. The highest BCUT2D eigenvalue weighted by Crippen LogP contribution is 2.17. The van der Waals surface area contributed by atoms with Gasteiger partial charge in [-0.25, -0.2) is 0 Å². The Bertz CT molecular complexity index is 1130. The molecule has 0 radical (unpaired) electrons. The molecule has 70 heavy (non-hydrogen) atoms. The normalized spacial score (nSPS) is 12.1. The Morgan fingerprint density at radius 1 is 0.271 bits per heavy atom. The lowest BCUT2D eigenvalue weighted by Crippen LogP contribution is -2.30. The van der Waals surface area contributed by atoms with Crippen molar-refractivity contribution >= 4 is 17.9 Å². The highest BCUT2D eigenvalue weighted by molar-refractivity contribution is 5.71. The number of carbonyl (C=O) groups is 3. The quantitative estimate of drug-likeness (QED) is 0.0261. The zero-order valence-corrected chi connectivity index (χ0v) is 47.3. The molecule has 0 bridgehead atoms. The van der Waals surface area contributed by atoms with Gasteiger partial charge in [-0.05, 0) is 70.6 Å². The fourth-order valence-corrected chi connectivity index (χ4v) is 9.44. The molecule has 0 amide bonds. The van der Waals surface area contributed by atoms with Crippen molar-refractivity contribution in [2.45, 2.75) is 354 Å². The molecular formula is C64H120O6. The van der Waals surface area contributed by atoms with Gasteiger partial charge in [-0.3, -0.25) is 14.4 Å². The van der Waals surface area contributed by atoms with Crippen LogP contribution in [0.3, 0.4) is 0 Å². The zero-order chi connectivity index (χ0) is 50.7. The van der Waals surface area contributed by atoms with Gasteiger partial charge in [-0.1, -0.05) is 283 Å². The van der Waals surface area contributed by atoms with Crippen LogP contribution in [-0.4, -0.2) is 37.2 Å². The van der Waals surface area contributed by atoms with Crippen LogP contribution in [0.4, 0.5) is 0 Å². The minimum Gasteiger partial charge on any atom is -0.462 e. The summed E-state index contributed by atoms with van der Waals surface area (Å²) in [7, 11) is 0. The Labute approximate surface area is 436 Å². The van der Waals surface area contributed by atoms with Gasteiger partial charge in [-0.2, -0.15) is 0 Å². The van der Waals surface area contributed by atoms with Gasteiger partial charge >= 0.3 is 17.9 Å². The molecule has 0 rings (SSSR count). The molecule has 0 aromatic heterocycles. The minimum absolute atomic E-state index is 0.0694. The summed E-state index contributed by atoms with van der Waals surface area (Å²) in [5.41, 5.74) is 0. The molecule has 0 N–H and O–H groups in total. The summed E-state index contributed by atoms with van der Waals surface area (Å²) < 4.78 is 16.9. The molecule has 412 valence electrons. The summed E-state index contributed by atoms with van der Waals surface area (Å²) >= 11 is 0. The van der Waals surface area contributed by atoms with Crippen molar-refractivity contribution in [2.75, 3.05) is 13.2 Å². The Morgan fingerprint density at radius 2 is 0.471 bits per heavy atom. The van der Waals surface area contributed by atoms with Crippen LogP contribution in [0.25, 0.3) is 0 Å². The third kappa shape index (κ3) is 56.8. The molecule has 0 heterocycles. The Kier molecular flexibility index (Phi) is 57.7. The van der Waals surface area contributed by atoms with Gasteiger partial charge < -0.3 is 14.2 Å². The van der Waals surface area contributed by atoms with Gasteiger partial charge in [-0.15, -0.1) is 0 Å². The molecule has 1 unspecified atom stereocenters. The number of rotatable bonds is 58. The number of hydrogen-bond acceptors (Lipinski definition) is 6. The average molecular weight is 986 g/mol. The van der Waals surface area contributed by atoms with E-state index in [1.165, 1.54) is 250 Å². The summed E-state index contributed by atoms with van der Waals surface area (Å²) in [6, 6.07) is 0. The van der Waals surface area contributed by atoms with E-state index in [0.717, 1.165) is 57.8 Å². The molecule has 0 aromatic rings. The van der Waals surface area contributed by atoms with Crippen molar-refractivity contribution in [1.29, 1.82) is 0 Å². The molecule has 6 nitrogen and oxygen atoms in total. The first-order chi connectivity index (χ1) is 34.5. The van der Waals surface area contributed by atoms with E-state index in [2.05, 4.69) is 45.1 Å². The maximum Gasteiger partial charge on any atom is 0.306 e. The third-order valence-corrected chi connectivity index (χ3v) is 14.2. The Balaban J connectivity index is 4.33. The third-order valence-electron chi connectivity index (χ3n) is 14.2. The number of allylic oxidation sites excluding steroid dienone is 4. The number of hydrogen-bond donors (Lipinski definition) is 0. The molecule has 0 fully saturated rings. The molecule has 0 aliphatic rings. The molecule has 0 saturated heterocycles. The van der Waals surface area contributed by atoms with Crippen LogP contribution in [0.15, 0.2) is 24.3 Å². The lowest BCUT2D eigenvalue weighted by Gasteiger charge is -2.18. The summed E-state index contributed by atoms with van der Waals surface area (Å²) in [5.74, 6) is -0.853. The average Bonchev–Trinajstić information content (AvgIpc) is 3.36. The number of carbonyl (C=O) groups excluding carboxylic acids is 3. The summed E-state index contributed by atoms with van der Waals surface area (Å²) in [4.78, 5) is 38.3. The zero-order valence-electron chi connectivity index (χ0n) is 47.3. The van der Waals surface area contributed by atoms with Gasteiger partial charge in [0.25, 0.3) is 0 Å². The number of ether oxygens (including phenoxy) is 3. The van der Waals surface area contributed by atoms with Crippen LogP contribution in [0, 0.1) is 0 Å². The highest BCUT2D eigenvalue weighted by atomic mass is 16.6. The SMILES string of the molecule is CCCCCCCC/C=C\CCCCCCCCCC(=O)OCC(COC(=O)CCCCCCCCCCCCCCCCCCCC)OC(=O)CCCCCCCCC/C=C\CCCCCCCC. The standard InChI is InChI=1S/C64H120O6/c1-4-7-10-13-16-19-22-25-28-31-34-36-39-42-45-48-51-54-57-63(66)69-60-61(70-64(67)58-55-52-49-46-43-40-37-33-30-27-24-21-18-15-12-9-6-3)59-68-62(65)56-53-50-47-44-41-38-35-32-29-26-23-20-17-14-11-8-5-2/h26-27,29-30,61H,4-25,28,31-60H2,1-3H3/b29-26-,30-27-. The molecule has 1 atom stereocenters. The summed E-state index contributed by atoms with van der Waals surface area (Å²) in [6.07, 6.45) is 70.3. The van der Waals surface area contributed by atoms with Crippen molar-refractivity contribution < 1.29 is 28.6 Å². The molecule has 0 aromatic carbocycles. The van der Waals surface area contributed by atoms with Crippen molar-refractivity contribution in [2.24, 2.45) is 0 Å². The smallest absolute Gasteiger partial charge is 0.306 e. The van der Waals surface area contributed by atoms with E-state index in [1.807, 2.05) is 0 Å². The van der Waals surface area contributed by atoms with Crippen molar-refractivity contribution in [3.8, 4) is 0 Å². The fourth-order valence-electron chi connectivity index (χ4n) is 9.44. The van der Waals surface area contributed by atoms with E-state index >= 15 is 0 Å². The van der Waals surface area contributed by atoms with E-state index in [0.29, 0.717) is 19.3 Å². The summed E-state index contributed by atoms with van der Waals surface area (Å²) in [6.45, 7) is 6.69.